The zero-order valence-corrected chi connectivity index (χ0v) is 14.1. The van der Waals surface area contributed by atoms with Crippen LogP contribution in [0.4, 0.5) is 4.39 Å². The van der Waals surface area contributed by atoms with Crippen molar-refractivity contribution < 1.29 is 14.3 Å². The van der Waals surface area contributed by atoms with Crippen LogP contribution >= 0.6 is 0 Å². The van der Waals surface area contributed by atoms with E-state index < -0.39 is 5.82 Å². The van der Waals surface area contributed by atoms with Crippen molar-refractivity contribution >= 4 is 16.9 Å². The lowest BCUT2D eigenvalue weighted by Crippen LogP contribution is -2.27. The average Bonchev–Trinajstić information content (AvgIpc) is 3.27. The van der Waals surface area contributed by atoms with E-state index in [0.717, 1.165) is 17.5 Å². The molecule has 1 unspecified atom stereocenters. The number of aromatic hydroxyl groups is 1. The Hall–Kier alpha value is -3.15. The summed E-state index contributed by atoms with van der Waals surface area (Å²) < 4.78 is 16.2. The number of amides is 1. The van der Waals surface area contributed by atoms with Gasteiger partial charge in [0.15, 0.2) is 0 Å². The summed E-state index contributed by atoms with van der Waals surface area (Å²) in [5, 5.41) is 10.1. The van der Waals surface area contributed by atoms with Crippen LogP contribution in [0.3, 0.4) is 0 Å². The summed E-state index contributed by atoms with van der Waals surface area (Å²) in [5.41, 5.74) is 2.41. The molecule has 0 bridgehead atoms. The molecule has 1 fully saturated rings. The predicted octanol–water partition coefficient (Wildman–Crippen LogP) is 3.51. The fourth-order valence-electron chi connectivity index (χ4n) is 3.57. The van der Waals surface area contributed by atoms with Crippen molar-refractivity contribution in [2.24, 2.45) is 0 Å². The number of hydrogen-bond donors (Lipinski definition) is 1. The number of benzene rings is 2. The van der Waals surface area contributed by atoms with Crippen molar-refractivity contribution in [3.05, 3.63) is 61.2 Å². The van der Waals surface area contributed by atoms with Crippen molar-refractivity contribution in [3.63, 3.8) is 0 Å². The molecule has 3 aromatic rings. The Kier molecular flexibility index (Phi) is 3.95. The zero-order chi connectivity index (χ0) is 18.3. The summed E-state index contributed by atoms with van der Waals surface area (Å²) in [6, 6.07) is 9.77. The number of fused-ring (bicyclic) bond motifs is 1. The smallest absolute Gasteiger partial charge is 0.246 e. The molecule has 4 rings (SSSR count). The molecular weight excluding hydrogens is 333 g/mol. The van der Waals surface area contributed by atoms with E-state index >= 15 is 0 Å². The molecule has 0 spiro atoms. The summed E-state index contributed by atoms with van der Waals surface area (Å²) in [7, 11) is 0. The summed E-state index contributed by atoms with van der Waals surface area (Å²) >= 11 is 0. The number of hydrogen-bond acceptors (Lipinski definition) is 3. The van der Waals surface area contributed by atoms with Gasteiger partial charge >= 0.3 is 0 Å². The number of carbonyl (C=O) groups is 1. The van der Waals surface area contributed by atoms with E-state index in [-0.39, 0.29) is 23.3 Å². The second-order valence-electron chi connectivity index (χ2n) is 6.42. The van der Waals surface area contributed by atoms with Crippen molar-refractivity contribution in [2.75, 3.05) is 13.1 Å². The van der Waals surface area contributed by atoms with Gasteiger partial charge in [0.05, 0.1) is 29.0 Å². The lowest BCUT2D eigenvalue weighted by atomic mass is 10.0. The number of imidazole rings is 1. The SMILES string of the molecule is C=CC(=O)N1CCC(n2cnc3ccc(-c4c(O)cccc4F)cc32)C1. The van der Waals surface area contributed by atoms with E-state index in [4.69, 9.17) is 0 Å². The Morgan fingerprint density at radius 1 is 1.35 bits per heavy atom. The average molecular weight is 351 g/mol. The molecule has 2 heterocycles. The van der Waals surface area contributed by atoms with Crippen LogP contribution in [0, 0.1) is 5.82 Å². The van der Waals surface area contributed by atoms with Gasteiger partial charge in [0.1, 0.15) is 11.6 Å². The molecule has 0 radical (unpaired) electrons. The molecule has 0 saturated carbocycles. The Morgan fingerprint density at radius 3 is 2.96 bits per heavy atom. The highest BCUT2D eigenvalue weighted by Crippen LogP contribution is 2.34. The molecule has 2 aromatic carbocycles. The second kappa shape index (κ2) is 6.29. The molecule has 1 aliphatic heterocycles. The van der Waals surface area contributed by atoms with E-state index in [9.17, 15) is 14.3 Å². The number of aromatic nitrogens is 2. The molecule has 1 saturated heterocycles. The van der Waals surface area contributed by atoms with Crippen LogP contribution in [-0.2, 0) is 4.79 Å². The zero-order valence-electron chi connectivity index (χ0n) is 14.1. The lowest BCUT2D eigenvalue weighted by Gasteiger charge is -2.16. The van der Waals surface area contributed by atoms with Gasteiger partial charge in [-0.3, -0.25) is 4.79 Å². The molecule has 26 heavy (non-hydrogen) atoms. The Morgan fingerprint density at radius 2 is 2.19 bits per heavy atom. The Bertz CT molecular complexity index is 991. The van der Waals surface area contributed by atoms with Crippen LogP contribution in [0.25, 0.3) is 22.2 Å². The number of halogens is 1. The predicted molar refractivity (Wildman–Crippen MR) is 97.2 cm³/mol. The maximum atomic E-state index is 14.2. The monoisotopic (exact) mass is 351 g/mol. The number of carbonyl (C=O) groups excluding carboxylic acids is 1. The Balaban J connectivity index is 1.74. The molecule has 132 valence electrons. The van der Waals surface area contributed by atoms with Gasteiger partial charge < -0.3 is 14.6 Å². The van der Waals surface area contributed by atoms with Gasteiger partial charge in [0.2, 0.25) is 5.91 Å². The van der Waals surface area contributed by atoms with E-state index in [2.05, 4.69) is 11.6 Å². The first-order valence-corrected chi connectivity index (χ1v) is 8.44. The lowest BCUT2D eigenvalue weighted by molar-refractivity contribution is -0.125. The summed E-state index contributed by atoms with van der Waals surface area (Å²) in [6.45, 7) is 4.79. The summed E-state index contributed by atoms with van der Waals surface area (Å²) in [4.78, 5) is 18.0. The second-order valence-corrected chi connectivity index (χ2v) is 6.42. The number of likely N-dealkylation sites (tertiary alicyclic amines) is 1. The van der Waals surface area contributed by atoms with E-state index in [1.165, 1.54) is 24.3 Å². The number of nitrogens with zero attached hydrogens (tertiary/aromatic N) is 3. The van der Waals surface area contributed by atoms with Gasteiger partial charge in [-0.1, -0.05) is 18.7 Å². The molecule has 1 aliphatic rings. The van der Waals surface area contributed by atoms with Crippen molar-refractivity contribution in [2.45, 2.75) is 12.5 Å². The number of phenols is 1. The van der Waals surface area contributed by atoms with Crippen LogP contribution in [0.5, 0.6) is 5.75 Å². The highest BCUT2D eigenvalue weighted by molar-refractivity contribution is 5.87. The molecule has 1 aromatic heterocycles. The van der Waals surface area contributed by atoms with Gasteiger partial charge in [-0.15, -0.1) is 0 Å². The van der Waals surface area contributed by atoms with Gasteiger partial charge in [0, 0.05) is 13.1 Å². The highest BCUT2D eigenvalue weighted by atomic mass is 19.1. The van der Waals surface area contributed by atoms with Crippen molar-refractivity contribution in [1.82, 2.24) is 14.5 Å². The molecule has 6 heteroatoms. The summed E-state index contributed by atoms with van der Waals surface area (Å²) in [6.07, 6.45) is 3.90. The number of phenolic OH excluding ortho intramolecular Hbond substituents is 1. The minimum absolute atomic E-state index is 0.0751. The van der Waals surface area contributed by atoms with Gasteiger partial charge in [-0.25, -0.2) is 9.37 Å². The van der Waals surface area contributed by atoms with E-state index in [0.29, 0.717) is 18.7 Å². The molecule has 1 atom stereocenters. The van der Waals surface area contributed by atoms with Crippen LogP contribution in [0.2, 0.25) is 0 Å². The number of rotatable bonds is 3. The van der Waals surface area contributed by atoms with Crippen LogP contribution in [-0.4, -0.2) is 38.6 Å². The first kappa shape index (κ1) is 16.3. The fraction of sp³-hybridized carbons (Fsp3) is 0.200. The molecular formula is C20H18FN3O2. The standard InChI is InChI=1S/C20H18FN3O2/c1-2-19(26)23-9-8-14(11-23)24-12-22-16-7-6-13(10-17(16)24)20-15(21)4-3-5-18(20)25/h2-7,10,12,14,25H,1,8-9,11H2. The molecule has 0 aliphatic carbocycles. The fourth-order valence-corrected chi connectivity index (χ4v) is 3.57. The summed E-state index contributed by atoms with van der Waals surface area (Å²) in [5.74, 6) is -0.646. The normalized spacial score (nSPS) is 17.0. The third-order valence-corrected chi connectivity index (χ3v) is 4.90. The van der Waals surface area contributed by atoms with Crippen LogP contribution < -0.4 is 0 Å². The third kappa shape index (κ3) is 2.63. The largest absolute Gasteiger partial charge is 0.507 e. The maximum absolute atomic E-state index is 14.2. The molecule has 5 nitrogen and oxygen atoms in total. The minimum Gasteiger partial charge on any atom is -0.507 e. The highest BCUT2D eigenvalue weighted by Gasteiger charge is 2.27. The van der Waals surface area contributed by atoms with Gasteiger partial charge in [-0.2, -0.15) is 0 Å². The molecule has 1 amide bonds. The van der Waals surface area contributed by atoms with E-state index in [1.54, 1.807) is 17.3 Å². The van der Waals surface area contributed by atoms with E-state index in [1.807, 2.05) is 16.7 Å². The topological polar surface area (TPSA) is 58.4 Å². The Labute approximate surface area is 150 Å². The van der Waals surface area contributed by atoms with Crippen molar-refractivity contribution in [1.29, 1.82) is 0 Å². The van der Waals surface area contributed by atoms with Crippen LogP contribution in [0.15, 0.2) is 55.4 Å². The minimum atomic E-state index is -0.473. The molecule has 1 N–H and O–H groups in total. The third-order valence-electron chi connectivity index (χ3n) is 4.90. The quantitative estimate of drug-likeness (QED) is 0.735. The van der Waals surface area contributed by atoms with Crippen molar-refractivity contribution in [3.8, 4) is 16.9 Å². The first-order valence-electron chi connectivity index (χ1n) is 8.44. The first-order chi connectivity index (χ1) is 12.6. The maximum Gasteiger partial charge on any atom is 0.246 e. The van der Waals surface area contributed by atoms with Crippen LogP contribution in [0.1, 0.15) is 12.5 Å². The van der Waals surface area contributed by atoms with Gasteiger partial charge in [0.25, 0.3) is 0 Å². The van der Waals surface area contributed by atoms with Gasteiger partial charge in [-0.05, 0) is 42.3 Å².